The van der Waals surface area contributed by atoms with E-state index >= 15 is 0 Å². The number of halogens is 3. The zero-order valence-corrected chi connectivity index (χ0v) is 21.3. The first-order valence-corrected chi connectivity index (χ1v) is 13.1. The third-order valence-corrected chi connectivity index (χ3v) is 8.06. The van der Waals surface area contributed by atoms with Crippen molar-refractivity contribution >= 4 is 62.6 Å². The molecule has 0 saturated carbocycles. The maximum absolute atomic E-state index is 13.6. The first kappa shape index (κ1) is 24.3. The van der Waals surface area contributed by atoms with E-state index in [-0.39, 0.29) is 10.6 Å². The third kappa shape index (κ3) is 4.46. The minimum absolute atomic E-state index is 0.0584. The Morgan fingerprint density at radius 3 is 2.58 bits per heavy atom. The van der Waals surface area contributed by atoms with Crippen LogP contribution in [0.2, 0.25) is 15.1 Å². The number of carbonyl (C=O) groups is 1. The normalized spacial score (nSPS) is 13.9. The van der Waals surface area contributed by atoms with E-state index in [4.69, 9.17) is 34.8 Å². The van der Waals surface area contributed by atoms with Crippen LogP contribution in [-0.4, -0.2) is 37.3 Å². The first-order chi connectivity index (χ1) is 17.3. The van der Waals surface area contributed by atoms with E-state index in [0.717, 1.165) is 4.31 Å². The van der Waals surface area contributed by atoms with Crippen LogP contribution in [0.1, 0.15) is 5.56 Å². The average Bonchev–Trinajstić information content (AvgIpc) is 3.28. The van der Waals surface area contributed by atoms with Crippen LogP contribution in [0.3, 0.4) is 0 Å². The lowest BCUT2D eigenvalue weighted by Crippen LogP contribution is -2.41. The lowest BCUT2D eigenvalue weighted by Gasteiger charge is -2.29. The molecule has 3 aromatic carbocycles. The number of anilines is 1. The van der Waals surface area contributed by atoms with E-state index in [1.54, 1.807) is 60.7 Å². The van der Waals surface area contributed by atoms with Gasteiger partial charge in [0.15, 0.2) is 0 Å². The molecule has 8 nitrogen and oxygen atoms in total. The number of hydrogen-bond acceptors (Lipinski definition) is 5. The highest BCUT2D eigenvalue weighted by Crippen LogP contribution is 2.46. The molecular weight excluding hydrogens is 545 g/mol. The standard InChI is InChI=1S/C24H16Cl3N5O3S/c25-16-5-3-4-14(10-16)22-24-23(31-30-22)18-6-1-2-7-20(18)36(34,35)32(24)13-21(33)29-28-12-15-8-9-17(26)11-19(15)27/h1-12H,13H2,(H,29,33)(H,30,31). The number of aromatic nitrogens is 2. The van der Waals surface area contributed by atoms with Crippen molar-refractivity contribution in [2.45, 2.75) is 4.90 Å². The summed E-state index contributed by atoms with van der Waals surface area (Å²) < 4.78 is 28.3. The second-order valence-electron chi connectivity index (χ2n) is 7.77. The molecule has 0 fully saturated rings. The number of hydrazone groups is 1. The molecule has 1 aliphatic rings. The van der Waals surface area contributed by atoms with Crippen molar-refractivity contribution in [3.05, 3.63) is 87.4 Å². The number of amides is 1. The Balaban J connectivity index is 1.51. The summed E-state index contributed by atoms with van der Waals surface area (Å²) in [5, 5.41) is 12.5. The molecule has 2 heterocycles. The van der Waals surface area contributed by atoms with Crippen LogP contribution in [0.4, 0.5) is 5.69 Å². The maximum atomic E-state index is 13.6. The van der Waals surface area contributed by atoms with Gasteiger partial charge < -0.3 is 0 Å². The molecule has 0 atom stereocenters. The summed E-state index contributed by atoms with van der Waals surface area (Å²) in [6, 6.07) is 18.2. The Labute approximate surface area is 221 Å². The molecule has 1 aromatic heterocycles. The van der Waals surface area contributed by atoms with Crippen molar-refractivity contribution in [3.63, 3.8) is 0 Å². The number of nitrogens with one attached hydrogen (secondary N) is 2. The molecule has 0 spiro atoms. The lowest BCUT2D eigenvalue weighted by molar-refractivity contribution is -0.119. The van der Waals surface area contributed by atoms with Crippen molar-refractivity contribution in [2.24, 2.45) is 5.10 Å². The van der Waals surface area contributed by atoms with Crippen LogP contribution < -0.4 is 9.73 Å². The second kappa shape index (κ2) is 9.59. The Kier molecular flexibility index (Phi) is 6.48. The fourth-order valence-electron chi connectivity index (χ4n) is 3.85. The summed E-state index contributed by atoms with van der Waals surface area (Å²) in [5.41, 5.74) is 5.00. The molecule has 2 N–H and O–H groups in total. The smallest absolute Gasteiger partial charge is 0.265 e. The number of aromatic amines is 1. The molecule has 1 amide bonds. The number of carbonyl (C=O) groups excluding carboxylic acids is 1. The van der Waals surface area contributed by atoms with E-state index in [9.17, 15) is 13.2 Å². The Bertz CT molecular complexity index is 1640. The van der Waals surface area contributed by atoms with Gasteiger partial charge in [-0.25, -0.2) is 13.8 Å². The topological polar surface area (TPSA) is 108 Å². The van der Waals surface area contributed by atoms with Gasteiger partial charge in [0, 0.05) is 26.7 Å². The number of H-pyrrole nitrogens is 1. The molecule has 0 aliphatic carbocycles. The average molecular weight is 561 g/mol. The Morgan fingerprint density at radius 1 is 1.03 bits per heavy atom. The minimum Gasteiger partial charge on any atom is -0.275 e. The van der Waals surface area contributed by atoms with Crippen molar-refractivity contribution < 1.29 is 13.2 Å². The summed E-state index contributed by atoms with van der Waals surface area (Å²) in [6.07, 6.45) is 1.34. The fourth-order valence-corrected chi connectivity index (χ4v) is 6.14. The van der Waals surface area contributed by atoms with Crippen molar-refractivity contribution in [3.8, 4) is 22.5 Å². The van der Waals surface area contributed by atoms with Gasteiger partial charge in [0.2, 0.25) is 0 Å². The number of benzene rings is 3. The predicted octanol–water partition coefficient (Wildman–Crippen LogP) is 5.36. The van der Waals surface area contributed by atoms with Gasteiger partial charge in [-0.1, -0.05) is 71.2 Å². The van der Waals surface area contributed by atoms with Gasteiger partial charge in [-0.2, -0.15) is 10.2 Å². The quantitative estimate of drug-likeness (QED) is 0.253. The monoisotopic (exact) mass is 559 g/mol. The van der Waals surface area contributed by atoms with Crippen LogP contribution in [0, 0.1) is 0 Å². The number of sulfonamides is 1. The van der Waals surface area contributed by atoms with Gasteiger partial charge in [-0.15, -0.1) is 0 Å². The van der Waals surface area contributed by atoms with E-state index in [1.165, 1.54) is 12.3 Å². The molecule has 0 radical (unpaired) electrons. The summed E-state index contributed by atoms with van der Waals surface area (Å²) in [6.45, 7) is -0.539. The fraction of sp³-hybridized carbons (Fsp3) is 0.0417. The van der Waals surface area contributed by atoms with Gasteiger partial charge in [-0.3, -0.25) is 14.2 Å². The number of hydrogen-bond donors (Lipinski definition) is 2. The van der Waals surface area contributed by atoms with Crippen molar-refractivity contribution in [1.82, 2.24) is 15.6 Å². The predicted molar refractivity (Wildman–Crippen MR) is 141 cm³/mol. The first-order valence-electron chi connectivity index (χ1n) is 10.5. The van der Waals surface area contributed by atoms with Gasteiger partial charge in [0.05, 0.1) is 21.8 Å². The molecule has 0 saturated heterocycles. The van der Waals surface area contributed by atoms with Gasteiger partial charge >= 0.3 is 0 Å². The molecule has 182 valence electrons. The molecule has 0 bridgehead atoms. The lowest BCUT2D eigenvalue weighted by atomic mass is 10.1. The molecule has 4 aromatic rings. The molecule has 36 heavy (non-hydrogen) atoms. The van der Waals surface area contributed by atoms with Crippen LogP contribution >= 0.6 is 34.8 Å². The Morgan fingerprint density at radius 2 is 1.81 bits per heavy atom. The van der Waals surface area contributed by atoms with Gasteiger partial charge in [0.1, 0.15) is 17.9 Å². The van der Waals surface area contributed by atoms with E-state index in [2.05, 4.69) is 20.7 Å². The second-order valence-corrected chi connectivity index (χ2v) is 10.9. The van der Waals surface area contributed by atoms with Crippen molar-refractivity contribution in [2.75, 3.05) is 10.8 Å². The SMILES string of the molecule is O=C(CN1c2c(-c3cccc(Cl)c3)n[nH]c2-c2ccccc2S1(=O)=O)NN=Cc1ccc(Cl)cc1Cl. The van der Waals surface area contributed by atoms with E-state index < -0.39 is 22.5 Å². The maximum Gasteiger partial charge on any atom is 0.265 e. The highest BCUT2D eigenvalue weighted by molar-refractivity contribution is 7.93. The molecule has 1 aliphatic heterocycles. The van der Waals surface area contributed by atoms with Crippen LogP contribution in [0.5, 0.6) is 0 Å². The Hall–Kier alpha value is -3.37. The molecular formula is C24H16Cl3N5O3S. The van der Waals surface area contributed by atoms with Crippen LogP contribution in [0.15, 0.2) is 76.7 Å². The third-order valence-electron chi connectivity index (χ3n) is 5.46. The number of nitrogens with zero attached hydrogens (tertiary/aromatic N) is 3. The van der Waals surface area contributed by atoms with Gasteiger partial charge in [-0.05, 0) is 30.3 Å². The minimum atomic E-state index is -4.10. The van der Waals surface area contributed by atoms with E-state index in [1.807, 2.05) is 0 Å². The molecule has 0 unspecified atom stereocenters. The highest BCUT2D eigenvalue weighted by atomic mass is 35.5. The number of rotatable bonds is 5. The van der Waals surface area contributed by atoms with Crippen molar-refractivity contribution in [1.29, 1.82) is 0 Å². The van der Waals surface area contributed by atoms with Crippen LogP contribution in [-0.2, 0) is 14.8 Å². The summed E-state index contributed by atoms with van der Waals surface area (Å²) >= 11 is 18.2. The largest absolute Gasteiger partial charge is 0.275 e. The highest BCUT2D eigenvalue weighted by Gasteiger charge is 2.39. The summed E-state index contributed by atoms with van der Waals surface area (Å²) in [4.78, 5) is 12.9. The van der Waals surface area contributed by atoms with E-state index in [0.29, 0.717) is 43.1 Å². The zero-order chi connectivity index (χ0) is 25.4. The number of fused-ring (bicyclic) bond motifs is 3. The van der Waals surface area contributed by atoms with Gasteiger partial charge in [0.25, 0.3) is 15.9 Å². The zero-order valence-electron chi connectivity index (χ0n) is 18.2. The summed E-state index contributed by atoms with van der Waals surface area (Å²) in [5.74, 6) is -0.663. The van der Waals surface area contributed by atoms with Crippen LogP contribution in [0.25, 0.3) is 22.5 Å². The summed E-state index contributed by atoms with van der Waals surface area (Å²) in [7, 11) is -4.10. The molecule has 12 heteroatoms. The molecule has 5 rings (SSSR count).